The van der Waals surface area contributed by atoms with Crippen molar-refractivity contribution in [1.29, 1.82) is 0 Å². The van der Waals surface area contributed by atoms with Crippen LogP contribution in [0.1, 0.15) is 0 Å². The van der Waals surface area contributed by atoms with E-state index in [9.17, 15) is 0 Å². The van der Waals surface area contributed by atoms with E-state index >= 15 is 0 Å². The van der Waals surface area contributed by atoms with Crippen molar-refractivity contribution in [2.24, 2.45) is 0 Å². The monoisotopic (exact) mass is 551 g/mol. The quantitative estimate of drug-likeness (QED) is 0.225. The van der Waals surface area contributed by atoms with Crippen LogP contribution in [0.2, 0.25) is 0 Å². The SMILES string of the molecule is c1cc(-c2cccc(-c3cccc4c3sc3ccccc34)c2)cc(-c2cccc3c2[nH]c2ccc4ccccc4c23)c1. The number of benzene rings is 7. The topological polar surface area (TPSA) is 15.8 Å². The smallest absolute Gasteiger partial charge is 0.0544 e. The largest absolute Gasteiger partial charge is 0.354 e. The number of para-hydroxylation sites is 1. The molecule has 0 fully saturated rings. The van der Waals surface area contributed by atoms with Crippen molar-refractivity contribution in [1.82, 2.24) is 4.98 Å². The van der Waals surface area contributed by atoms with Gasteiger partial charge in [0.15, 0.2) is 0 Å². The molecule has 196 valence electrons. The van der Waals surface area contributed by atoms with Gasteiger partial charge in [0.2, 0.25) is 0 Å². The Labute approximate surface area is 247 Å². The molecule has 2 aromatic heterocycles. The van der Waals surface area contributed by atoms with E-state index < -0.39 is 0 Å². The van der Waals surface area contributed by atoms with Crippen LogP contribution >= 0.6 is 11.3 Å². The zero-order valence-electron chi connectivity index (χ0n) is 22.8. The van der Waals surface area contributed by atoms with Gasteiger partial charge in [-0.3, -0.25) is 0 Å². The lowest BCUT2D eigenvalue weighted by molar-refractivity contribution is 1.53. The lowest BCUT2D eigenvalue weighted by Gasteiger charge is -2.10. The van der Waals surface area contributed by atoms with Gasteiger partial charge in [0, 0.05) is 42.0 Å². The summed E-state index contributed by atoms with van der Waals surface area (Å²) in [6, 6.07) is 53.1. The van der Waals surface area contributed by atoms with Gasteiger partial charge in [-0.2, -0.15) is 0 Å². The summed E-state index contributed by atoms with van der Waals surface area (Å²) in [5.41, 5.74) is 9.79. The molecule has 0 atom stereocenters. The number of rotatable bonds is 3. The average Bonchev–Trinajstić information content (AvgIpc) is 3.64. The third-order valence-corrected chi connectivity index (χ3v) is 9.83. The molecule has 0 spiro atoms. The maximum absolute atomic E-state index is 3.76. The van der Waals surface area contributed by atoms with Crippen molar-refractivity contribution in [3.63, 3.8) is 0 Å². The molecule has 7 aromatic carbocycles. The summed E-state index contributed by atoms with van der Waals surface area (Å²) >= 11 is 1.88. The molecular formula is C40H25NS. The minimum atomic E-state index is 1.18. The summed E-state index contributed by atoms with van der Waals surface area (Å²) in [5.74, 6) is 0. The van der Waals surface area contributed by atoms with Gasteiger partial charge in [0.1, 0.15) is 0 Å². The molecule has 9 aromatic rings. The van der Waals surface area contributed by atoms with Gasteiger partial charge in [-0.1, -0.05) is 121 Å². The molecule has 0 aliphatic heterocycles. The Hall–Kier alpha value is -5.18. The minimum Gasteiger partial charge on any atom is -0.354 e. The molecule has 0 bridgehead atoms. The van der Waals surface area contributed by atoms with Crippen LogP contribution in [0.3, 0.4) is 0 Å². The first-order valence-electron chi connectivity index (χ1n) is 14.4. The molecule has 9 rings (SSSR count). The number of fused-ring (bicyclic) bond motifs is 8. The van der Waals surface area contributed by atoms with Crippen LogP contribution < -0.4 is 0 Å². The summed E-state index contributed by atoms with van der Waals surface area (Å²) in [7, 11) is 0. The van der Waals surface area contributed by atoms with Crippen LogP contribution in [0.5, 0.6) is 0 Å². The maximum atomic E-state index is 3.76. The van der Waals surface area contributed by atoms with E-state index in [0.717, 1.165) is 0 Å². The molecule has 0 amide bonds. The van der Waals surface area contributed by atoms with Crippen molar-refractivity contribution in [3.8, 4) is 33.4 Å². The van der Waals surface area contributed by atoms with Gasteiger partial charge in [-0.05, 0) is 62.9 Å². The van der Waals surface area contributed by atoms with Crippen molar-refractivity contribution in [2.75, 3.05) is 0 Å². The fraction of sp³-hybridized carbons (Fsp3) is 0. The van der Waals surface area contributed by atoms with E-state index in [2.05, 4.69) is 151 Å². The first-order valence-corrected chi connectivity index (χ1v) is 15.2. The normalized spacial score (nSPS) is 11.8. The van der Waals surface area contributed by atoms with Crippen molar-refractivity contribution < 1.29 is 0 Å². The van der Waals surface area contributed by atoms with Crippen molar-refractivity contribution in [3.05, 3.63) is 146 Å². The fourth-order valence-corrected chi connectivity index (χ4v) is 7.88. The lowest BCUT2D eigenvalue weighted by atomic mass is 9.95. The number of thiophene rings is 1. The minimum absolute atomic E-state index is 1.18. The van der Waals surface area contributed by atoms with Crippen LogP contribution in [0, 0.1) is 0 Å². The Kier molecular flexibility index (Phi) is 5.13. The van der Waals surface area contributed by atoms with Crippen LogP contribution in [0.15, 0.2) is 146 Å². The Balaban J connectivity index is 1.18. The third-order valence-electron chi connectivity index (χ3n) is 8.61. The van der Waals surface area contributed by atoms with Gasteiger partial charge in [-0.15, -0.1) is 11.3 Å². The standard InChI is InChI=1S/C40H25NS/c1-2-14-30-25(9-1)21-22-36-38(30)35-19-7-16-31(39(35)41-36)28-12-5-10-26(23-28)27-11-6-13-29(24-27)32-17-8-18-34-33-15-3-4-20-37(33)42-40(32)34/h1-24,41H. The molecule has 1 nitrogen and oxygen atoms in total. The van der Waals surface area contributed by atoms with Crippen molar-refractivity contribution >= 4 is 64.1 Å². The predicted molar refractivity (Wildman–Crippen MR) is 183 cm³/mol. The number of aromatic nitrogens is 1. The molecule has 42 heavy (non-hydrogen) atoms. The summed E-state index contributed by atoms with van der Waals surface area (Å²) in [5, 5.41) is 7.79. The van der Waals surface area contributed by atoms with Gasteiger partial charge in [-0.25, -0.2) is 0 Å². The summed E-state index contributed by atoms with van der Waals surface area (Å²) in [6.07, 6.45) is 0. The summed E-state index contributed by atoms with van der Waals surface area (Å²) in [4.78, 5) is 3.76. The molecule has 0 radical (unpaired) electrons. The molecule has 0 saturated carbocycles. The number of H-pyrrole nitrogens is 1. The Morgan fingerprint density at radius 1 is 0.429 bits per heavy atom. The number of nitrogens with one attached hydrogen (secondary N) is 1. The highest BCUT2D eigenvalue weighted by atomic mass is 32.1. The van der Waals surface area contributed by atoms with Gasteiger partial charge >= 0.3 is 0 Å². The zero-order valence-corrected chi connectivity index (χ0v) is 23.6. The Bertz CT molecular complexity index is 2470. The van der Waals surface area contributed by atoms with Crippen LogP contribution in [-0.2, 0) is 0 Å². The van der Waals surface area contributed by atoms with Crippen molar-refractivity contribution in [2.45, 2.75) is 0 Å². The molecule has 0 aliphatic carbocycles. The van der Waals surface area contributed by atoms with E-state index in [1.807, 2.05) is 11.3 Å². The van der Waals surface area contributed by atoms with E-state index in [-0.39, 0.29) is 0 Å². The molecule has 1 N–H and O–H groups in total. The third kappa shape index (κ3) is 3.56. The fourth-order valence-electron chi connectivity index (χ4n) is 6.64. The highest BCUT2D eigenvalue weighted by molar-refractivity contribution is 7.26. The van der Waals surface area contributed by atoms with E-state index in [1.165, 1.54) is 86.1 Å². The lowest BCUT2D eigenvalue weighted by Crippen LogP contribution is -1.85. The second kappa shape index (κ2) is 9.17. The maximum Gasteiger partial charge on any atom is 0.0544 e. The van der Waals surface area contributed by atoms with E-state index in [4.69, 9.17) is 0 Å². The number of aromatic amines is 1. The van der Waals surface area contributed by atoms with Crippen LogP contribution in [-0.4, -0.2) is 4.98 Å². The van der Waals surface area contributed by atoms with Gasteiger partial charge in [0.25, 0.3) is 0 Å². The summed E-state index contributed by atoms with van der Waals surface area (Å²) < 4.78 is 2.69. The molecule has 0 aliphatic rings. The van der Waals surface area contributed by atoms with E-state index in [1.54, 1.807) is 0 Å². The Morgan fingerprint density at radius 3 is 1.88 bits per heavy atom. The first-order chi connectivity index (χ1) is 20.8. The van der Waals surface area contributed by atoms with E-state index in [0.29, 0.717) is 0 Å². The van der Waals surface area contributed by atoms with Gasteiger partial charge in [0.05, 0.1) is 5.52 Å². The van der Waals surface area contributed by atoms with Crippen LogP contribution in [0.4, 0.5) is 0 Å². The Morgan fingerprint density at radius 2 is 1.05 bits per heavy atom. The van der Waals surface area contributed by atoms with Gasteiger partial charge < -0.3 is 4.98 Å². The molecule has 0 saturated heterocycles. The summed E-state index contributed by atoms with van der Waals surface area (Å²) in [6.45, 7) is 0. The zero-order chi connectivity index (χ0) is 27.6. The number of hydrogen-bond acceptors (Lipinski definition) is 1. The second-order valence-corrected chi connectivity index (χ2v) is 12.1. The average molecular weight is 552 g/mol. The molecule has 0 unspecified atom stereocenters. The highest BCUT2D eigenvalue weighted by Crippen LogP contribution is 2.41. The first kappa shape index (κ1) is 23.5. The molecule has 2 heterocycles. The van der Waals surface area contributed by atoms with Crippen LogP contribution in [0.25, 0.3) is 86.1 Å². The second-order valence-electron chi connectivity index (χ2n) is 11.0. The highest BCUT2D eigenvalue weighted by Gasteiger charge is 2.14. The molecule has 2 heteroatoms. The molecular weight excluding hydrogens is 527 g/mol. The predicted octanol–water partition coefficient (Wildman–Crippen LogP) is 11.8. The number of hydrogen-bond donors (Lipinski definition) is 1.